The summed E-state index contributed by atoms with van der Waals surface area (Å²) in [6.45, 7) is 11.4. The standard InChI is InChI=1S/C24H33NO2/c1-17(2)13-14-27-23-8-6-7-22(16-23)25-24(26)19(5)21-11-9-20(10-12-21)15-18(3)4/h6-12,16-19H,13-15H2,1-5H3,(H,25,26). The minimum Gasteiger partial charge on any atom is -0.494 e. The monoisotopic (exact) mass is 367 g/mol. The van der Waals surface area contributed by atoms with E-state index >= 15 is 0 Å². The van der Waals surface area contributed by atoms with Gasteiger partial charge in [-0.25, -0.2) is 0 Å². The molecule has 1 N–H and O–H groups in total. The summed E-state index contributed by atoms with van der Waals surface area (Å²) in [5.74, 6) is 1.82. The van der Waals surface area contributed by atoms with Crippen molar-refractivity contribution in [2.24, 2.45) is 11.8 Å². The van der Waals surface area contributed by atoms with Crippen LogP contribution in [0.5, 0.6) is 5.75 Å². The summed E-state index contributed by atoms with van der Waals surface area (Å²) in [4.78, 5) is 12.6. The molecule has 1 unspecified atom stereocenters. The SMILES string of the molecule is CC(C)CCOc1cccc(NC(=O)C(C)c2ccc(CC(C)C)cc2)c1. The van der Waals surface area contributed by atoms with Gasteiger partial charge >= 0.3 is 0 Å². The van der Waals surface area contributed by atoms with Crippen molar-refractivity contribution >= 4 is 11.6 Å². The second-order valence-electron chi connectivity index (χ2n) is 8.11. The third-order valence-electron chi connectivity index (χ3n) is 4.58. The molecule has 0 bridgehead atoms. The van der Waals surface area contributed by atoms with E-state index in [4.69, 9.17) is 4.74 Å². The second-order valence-corrected chi connectivity index (χ2v) is 8.11. The number of benzene rings is 2. The van der Waals surface area contributed by atoms with E-state index in [1.807, 2.05) is 31.2 Å². The van der Waals surface area contributed by atoms with E-state index in [1.54, 1.807) is 0 Å². The quantitative estimate of drug-likeness (QED) is 0.585. The summed E-state index contributed by atoms with van der Waals surface area (Å²) in [5.41, 5.74) is 3.11. The summed E-state index contributed by atoms with van der Waals surface area (Å²) in [6.07, 6.45) is 2.07. The van der Waals surface area contributed by atoms with Crippen molar-refractivity contribution in [1.82, 2.24) is 0 Å². The highest BCUT2D eigenvalue weighted by molar-refractivity contribution is 5.95. The maximum atomic E-state index is 12.6. The molecule has 1 atom stereocenters. The number of hydrogen-bond donors (Lipinski definition) is 1. The van der Waals surface area contributed by atoms with Gasteiger partial charge < -0.3 is 10.1 Å². The number of carbonyl (C=O) groups excluding carboxylic acids is 1. The number of rotatable bonds is 9. The Morgan fingerprint density at radius 2 is 1.67 bits per heavy atom. The Hall–Kier alpha value is -2.29. The topological polar surface area (TPSA) is 38.3 Å². The zero-order valence-electron chi connectivity index (χ0n) is 17.3. The fourth-order valence-corrected chi connectivity index (χ4v) is 2.89. The molecule has 0 radical (unpaired) electrons. The van der Waals surface area contributed by atoms with Gasteiger partial charge in [-0.05, 0) is 54.9 Å². The van der Waals surface area contributed by atoms with E-state index in [1.165, 1.54) is 5.56 Å². The molecule has 2 aromatic rings. The maximum absolute atomic E-state index is 12.6. The molecule has 0 saturated heterocycles. The molecule has 0 spiro atoms. The molecule has 2 aromatic carbocycles. The van der Waals surface area contributed by atoms with E-state index in [-0.39, 0.29) is 11.8 Å². The molecule has 2 rings (SSSR count). The van der Waals surface area contributed by atoms with Gasteiger partial charge in [-0.3, -0.25) is 4.79 Å². The van der Waals surface area contributed by atoms with Gasteiger partial charge in [0.15, 0.2) is 0 Å². The van der Waals surface area contributed by atoms with Crippen molar-refractivity contribution in [3.63, 3.8) is 0 Å². The lowest BCUT2D eigenvalue weighted by Crippen LogP contribution is -2.19. The minimum atomic E-state index is -0.205. The molecule has 0 saturated carbocycles. The first kappa shape index (κ1) is 21.0. The number of anilines is 1. The Kier molecular flexibility index (Phi) is 7.90. The minimum absolute atomic E-state index is 0.00839. The van der Waals surface area contributed by atoms with Crippen LogP contribution in [-0.4, -0.2) is 12.5 Å². The van der Waals surface area contributed by atoms with Crippen LogP contribution in [0.4, 0.5) is 5.69 Å². The molecular weight excluding hydrogens is 334 g/mol. The molecule has 0 aliphatic rings. The predicted molar refractivity (Wildman–Crippen MR) is 113 cm³/mol. The Morgan fingerprint density at radius 3 is 2.30 bits per heavy atom. The third kappa shape index (κ3) is 7.09. The predicted octanol–water partition coefficient (Wildman–Crippen LogP) is 6.05. The Balaban J connectivity index is 1.95. The molecule has 0 aliphatic carbocycles. The lowest BCUT2D eigenvalue weighted by Gasteiger charge is -2.15. The fourth-order valence-electron chi connectivity index (χ4n) is 2.89. The van der Waals surface area contributed by atoms with Crippen LogP contribution >= 0.6 is 0 Å². The summed E-state index contributed by atoms with van der Waals surface area (Å²) in [6, 6.07) is 16.0. The van der Waals surface area contributed by atoms with Crippen molar-refractivity contribution in [2.45, 2.75) is 53.4 Å². The van der Waals surface area contributed by atoms with Gasteiger partial charge in [0, 0.05) is 11.8 Å². The molecule has 0 fully saturated rings. The normalized spacial score (nSPS) is 12.3. The van der Waals surface area contributed by atoms with Crippen LogP contribution in [-0.2, 0) is 11.2 Å². The molecule has 0 aliphatic heterocycles. The van der Waals surface area contributed by atoms with E-state index in [2.05, 4.69) is 57.3 Å². The zero-order chi connectivity index (χ0) is 19.8. The van der Waals surface area contributed by atoms with E-state index in [9.17, 15) is 4.79 Å². The van der Waals surface area contributed by atoms with Gasteiger partial charge in [0.1, 0.15) is 5.75 Å². The largest absolute Gasteiger partial charge is 0.494 e. The Bertz CT molecular complexity index is 719. The van der Waals surface area contributed by atoms with Crippen molar-refractivity contribution in [3.05, 3.63) is 59.7 Å². The smallest absolute Gasteiger partial charge is 0.231 e. The van der Waals surface area contributed by atoms with Crippen molar-refractivity contribution in [2.75, 3.05) is 11.9 Å². The molecule has 0 heterocycles. The number of amides is 1. The lowest BCUT2D eigenvalue weighted by molar-refractivity contribution is -0.117. The molecule has 27 heavy (non-hydrogen) atoms. The number of carbonyl (C=O) groups is 1. The highest BCUT2D eigenvalue weighted by Gasteiger charge is 2.15. The van der Waals surface area contributed by atoms with Crippen LogP contribution in [0.2, 0.25) is 0 Å². The summed E-state index contributed by atoms with van der Waals surface area (Å²) >= 11 is 0. The van der Waals surface area contributed by atoms with Crippen LogP contribution in [0.3, 0.4) is 0 Å². The van der Waals surface area contributed by atoms with E-state index in [0.717, 1.165) is 29.8 Å². The first-order chi connectivity index (χ1) is 12.8. The highest BCUT2D eigenvalue weighted by atomic mass is 16.5. The average Bonchev–Trinajstić information content (AvgIpc) is 2.61. The van der Waals surface area contributed by atoms with E-state index in [0.29, 0.717) is 18.4 Å². The van der Waals surface area contributed by atoms with Gasteiger partial charge in [-0.1, -0.05) is 58.0 Å². The molecular formula is C24H33NO2. The summed E-state index contributed by atoms with van der Waals surface area (Å²) in [7, 11) is 0. The molecule has 1 amide bonds. The first-order valence-electron chi connectivity index (χ1n) is 9.97. The van der Waals surface area contributed by atoms with Crippen molar-refractivity contribution in [3.8, 4) is 5.75 Å². The van der Waals surface area contributed by atoms with Gasteiger partial charge in [-0.15, -0.1) is 0 Å². The number of nitrogens with one attached hydrogen (secondary N) is 1. The average molecular weight is 368 g/mol. The number of hydrogen-bond acceptors (Lipinski definition) is 2. The fraction of sp³-hybridized carbons (Fsp3) is 0.458. The third-order valence-corrected chi connectivity index (χ3v) is 4.58. The molecule has 0 aromatic heterocycles. The van der Waals surface area contributed by atoms with Gasteiger partial charge in [0.2, 0.25) is 5.91 Å². The van der Waals surface area contributed by atoms with E-state index < -0.39 is 0 Å². The van der Waals surface area contributed by atoms with Crippen molar-refractivity contribution < 1.29 is 9.53 Å². The highest BCUT2D eigenvalue weighted by Crippen LogP contribution is 2.22. The maximum Gasteiger partial charge on any atom is 0.231 e. The number of ether oxygens (including phenoxy) is 1. The molecule has 3 heteroatoms. The summed E-state index contributed by atoms with van der Waals surface area (Å²) < 4.78 is 5.78. The van der Waals surface area contributed by atoms with Crippen LogP contribution in [0.15, 0.2) is 48.5 Å². The van der Waals surface area contributed by atoms with Gasteiger partial charge in [-0.2, -0.15) is 0 Å². The van der Waals surface area contributed by atoms with Gasteiger partial charge in [0.25, 0.3) is 0 Å². The second kappa shape index (κ2) is 10.1. The zero-order valence-corrected chi connectivity index (χ0v) is 17.3. The van der Waals surface area contributed by atoms with Crippen LogP contribution < -0.4 is 10.1 Å². The Morgan fingerprint density at radius 1 is 0.963 bits per heavy atom. The summed E-state index contributed by atoms with van der Waals surface area (Å²) in [5, 5.41) is 3.01. The molecule has 146 valence electrons. The van der Waals surface area contributed by atoms with Crippen LogP contribution in [0, 0.1) is 11.8 Å². The molecule has 3 nitrogen and oxygen atoms in total. The Labute approximate surface area is 164 Å². The first-order valence-corrected chi connectivity index (χ1v) is 9.97. The van der Waals surface area contributed by atoms with Crippen molar-refractivity contribution in [1.29, 1.82) is 0 Å². The van der Waals surface area contributed by atoms with Gasteiger partial charge in [0.05, 0.1) is 12.5 Å². The lowest BCUT2D eigenvalue weighted by atomic mass is 9.96. The van der Waals surface area contributed by atoms with Crippen LogP contribution in [0.1, 0.15) is 58.1 Å². The van der Waals surface area contributed by atoms with Crippen LogP contribution in [0.25, 0.3) is 0 Å².